The fourth-order valence-electron chi connectivity index (χ4n) is 2.40. The lowest BCUT2D eigenvalue weighted by Gasteiger charge is -2.30. The van der Waals surface area contributed by atoms with E-state index in [-0.39, 0.29) is 18.1 Å². The highest BCUT2D eigenvalue weighted by molar-refractivity contribution is 7.80. The number of hydrogen-bond acceptors (Lipinski definition) is 4. The molecule has 1 aliphatic rings. The summed E-state index contributed by atoms with van der Waals surface area (Å²) in [6.45, 7) is 9.53. The molecular weight excluding hydrogens is 324 g/mol. The van der Waals surface area contributed by atoms with Crippen LogP contribution in [-0.4, -0.2) is 23.8 Å². The van der Waals surface area contributed by atoms with Crippen molar-refractivity contribution in [3.05, 3.63) is 53.8 Å². The molecule has 0 saturated heterocycles. The van der Waals surface area contributed by atoms with E-state index in [1.807, 2.05) is 45.0 Å². The minimum Gasteiger partial charge on any atom is -0.490 e. The molecule has 0 bridgehead atoms. The number of thiocarbonyl (C=S) groups is 1. The third-order valence-corrected chi connectivity index (χ3v) is 3.63. The lowest BCUT2D eigenvalue weighted by Crippen LogP contribution is -2.45. The molecule has 2 N–H and O–H groups in total. The number of carbonyl (C=O) groups is 1. The van der Waals surface area contributed by atoms with Gasteiger partial charge in [-0.2, -0.15) is 0 Å². The van der Waals surface area contributed by atoms with Gasteiger partial charge in [0.2, 0.25) is 0 Å². The Balaban J connectivity index is 2.30. The molecule has 1 aliphatic heterocycles. The molecule has 0 fully saturated rings. The van der Waals surface area contributed by atoms with Crippen molar-refractivity contribution in [2.24, 2.45) is 0 Å². The SMILES string of the molecule is C=CCOc1ccc([C@@H]2NC(=S)NC(C)=C2C(=O)OC(C)C)cc1. The Morgan fingerprint density at radius 3 is 2.62 bits per heavy atom. The summed E-state index contributed by atoms with van der Waals surface area (Å²) >= 11 is 5.23. The predicted octanol–water partition coefficient (Wildman–Crippen LogP) is 3.00. The molecule has 0 spiro atoms. The van der Waals surface area contributed by atoms with Gasteiger partial charge in [0.1, 0.15) is 12.4 Å². The molecule has 1 atom stereocenters. The van der Waals surface area contributed by atoms with E-state index in [0.717, 1.165) is 11.3 Å². The lowest BCUT2D eigenvalue weighted by atomic mass is 9.95. The summed E-state index contributed by atoms with van der Waals surface area (Å²) in [5.41, 5.74) is 2.12. The Hall–Kier alpha value is -2.34. The van der Waals surface area contributed by atoms with Crippen molar-refractivity contribution in [2.45, 2.75) is 32.9 Å². The summed E-state index contributed by atoms with van der Waals surface area (Å²) in [6, 6.07) is 7.15. The molecule has 0 saturated carbocycles. The summed E-state index contributed by atoms with van der Waals surface area (Å²) in [5.74, 6) is 0.379. The van der Waals surface area contributed by atoms with Crippen LogP contribution in [0, 0.1) is 0 Å². The second-order valence-corrected chi connectivity index (χ2v) is 6.10. The van der Waals surface area contributed by atoms with Gasteiger partial charge in [-0.1, -0.05) is 24.8 Å². The van der Waals surface area contributed by atoms with Crippen LogP contribution in [-0.2, 0) is 9.53 Å². The minimum absolute atomic E-state index is 0.193. The molecule has 2 rings (SSSR count). The van der Waals surface area contributed by atoms with E-state index in [9.17, 15) is 4.79 Å². The number of carbonyl (C=O) groups excluding carboxylic acids is 1. The zero-order chi connectivity index (χ0) is 17.7. The minimum atomic E-state index is -0.363. The summed E-state index contributed by atoms with van der Waals surface area (Å²) in [6.07, 6.45) is 1.49. The highest BCUT2D eigenvalue weighted by Gasteiger charge is 2.31. The first-order chi connectivity index (χ1) is 11.4. The van der Waals surface area contributed by atoms with Gasteiger partial charge in [0.05, 0.1) is 17.7 Å². The summed E-state index contributed by atoms with van der Waals surface area (Å²) in [4.78, 5) is 12.5. The number of ether oxygens (including phenoxy) is 2. The van der Waals surface area contributed by atoms with Crippen molar-refractivity contribution >= 4 is 23.3 Å². The fraction of sp³-hybridized carbons (Fsp3) is 0.333. The van der Waals surface area contributed by atoms with Gasteiger partial charge in [0.25, 0.3) is 0 Å². The van der Waals surface area contributed by atoms with Gasteiger partial charge in [-0.25, -0.2) is 4.79 Å². The zero-order valence-electron chi connectivity index (χ0n) is 14.1. The third kappa shape index (κ3) is 4.35. The van der Waals surface area contributed by atoms with Crippen molar-refractivity contribution in [3.8, 4) is 5.75 Å². The van der Waals surface area contributed by atoms with Crippen molar-refractivity contribution in [1.82, 2.24) is 10.6 Å². The monoisotopic (exact) mass is 346 g/mol. The van der Waals surface area contributed by atoms with Crippen LogP contribution >= 0.6 is 12.2 Å². The fourth-order valence-corrected chi connectivity index (χ4v) is 2.67. The molecule has 24 heavy (non-hydrogen) atoms. The van der Waals surface area contributed by atoms with E-state index in [1.165, 1.54) is 0 Å². The van der Waals surface area contributed by atoms with E-state index in [4.69, 9.17) is 21.7 Å². The van der Waals surface area contributed by atoms with Crippen molar-refractivity contribution in [1.29, 1.82) is 0 Å². The Kier molecular flexibility index (Phi) is 5.98. The predicted molar refractivity (Wildman–Crippen MR) is 97.7 cm³/mol. The van der Waals surface area contributed by atoms with Crippen LogP contribution in [0.3, 0.4) is 0 Å². The molecule has 1 aromatic rings. The molecule has 0 amide bonds. The van der Waals surface area contributed by atoms with E-state index in [1.54, 1.807) is 6.08 Å². The average Bonchev–Trinajstić information content (AvgIpc) is 2.51. The van der Waals surface area contributed by atoms with Gasteiger partial charge in [0.15, 0.2) is 5.11 Å². The smallest absolute Gasteiger partial charge is 0.338 e. The summed E-state index contributed by atoms with van der Waals surface area (Å²) < 4.78 is 10.9. The number of allylic oxidation sites excluding steroid dienone is 1. The molecule has 6 heteroatoms. The molecule has 1 heterocycles. The number of hydrogen-bond donors (Lipinski definition) is 2. The molecule has 1 aromatic carbocycles. The number of esters is 1. The van der Waals surface area contributed by atoms with Gasteiger partial charge in [-0.15, -0.1) is 0 Å². The molecule has 5 nitrogen and oxygen atoms in total. The van der Waals surface area contributed by atoms with Crippen LogP contribution in [0.2, 0.25) is 0 Å². The average molecular weight is 346 g/mol. The maximum Gasteiger partial charge on any atom is 0.338 e. The summed E-state index contributed by atoms with van der Waals surface area (Å²) in [5, 5.41) is 6.60. The van der Waals surface area contributed by atoms with Gasteiger partial charge in [0, 0.05) is 5.70 Å². The maximum atomic E-state index is 12.5. The lowest BCUT2D eigenvalue weighted by molar-refractivity contribution is -0.143. The van der Waals surface area contributed by atoms with Crippen LogP contribution in [0.1, 0.15) is 32.4 Å². The Bertz CT molecular complexity index is 665. The van der Waals surface area contributed by atoms with Gasteiger partial charge in [-0.05, 0) is 50.7 Å². The van der Waals surface area contributed by atoms with Crippen molar-refractivity contribution < 1.29 is 14.3 Å². The quantitative estimate of drug-likeness (QED) is 0.469. The normalized spacial score (nSPS) is 17.2. The van der Waals surface area contributed by atoms with E-state index in [2.05, 4.69) is 17.2 Å². The highest BCUT2D eigenvalue weighted by Crippen LogP contribution is 2.29. The first kappa shape index (κ1) is 18.0. The van der Waals surface area contributed by atoms with Gasteiger partial charge < -0.3 is 20.1 Å². The van der Waals surface area contributed by atoms with Gasteiger partial charge in [-0.3, -0.25) is 0 Å². The number of nitrogens with one attached hydrogen (secondary N) is 2. The van der Waals surface area contributed by atoms with Gasteiger partial charge >= 0.3 is 5.97 Å². The largest absolute Gasteiger partial charge is 0.490 e. The first-order valence-corrected chi connectivity index (χ1v) is 8.16. The van der Waals surface area contributed by atoms with Crippen LogP contribution < -0.4 is 15.4 Å². The number of rotatable bonds is 6. The Morgan fingerprint density at radius 1 is 1.38 bits per heavy atom. The zero-order valence-corrected chi connectivity index (χ0v) is 14.9. The van der Waals surface area contributed by atoms with Crippen molar-refractivity contribution in [2.75, 3.05) is 6.61 Å². The number of benzene rings is 1. The molecule has 128 valence electrons. The molecule has 0 radical (unpaired) electrons. The van der Waals surface area contributed by atoms with Crippen LogP contribution in [0.25, 0.3) is 0 Å². The first-order valence-electron chi connectivity index (χ1n) is 7.75. The topological polar surface area (TPSA) is 59.6 Å². The third-order valence-electron chi connectivity index (χ3n) is 3.41. The van der Waals surface area contributed by atoms with E-state index in [0.29, 0.717) is 23.0 Å². The Labute approximate surface area is 147 Å². The molecule has 0 aromatic heterocycles. The molecule has 0 unspecified atom stereocenters. The van der Waals surface area contributed by atoms with Crippen molar-refractivity contribution in [3.63, 3.8) is 0 Å². The second kappa shape index (κ2) is 7.97. The van der Waals surface area contributed by atoms with E-state index < -0.39 is 0 Å². The summed E-state index contributed by atoms with van der Waals surface area (Å²) in [7, 11) is 0. The molecular formula is C18H22N2O3S. The highest BCUT2D eigenvalue weighted by atomic mass is 32.1. The standard InChI is InChI=1S/C18H22N2O3S/c1-5-10-22-14-8-6-13(7-9-14)16-15(17(21)23-11(2)3)12(4)19-18(24)20-16/h5-9,11,16H,1,10H2,2-4H3,(H2,19,20,24)/t16-/m0/s1. The van der Waals surface area contributed by atoms with Crippen LogP contribution in [0.15, 0.2) is 48.2 Å². The second-order valence-electron chi connectivity index (χ2n) is 5.69. The molecule has 0 aliphatic carbocycles. The van der Waals surface area contributed by atoms with Crippen LogP contribution in [0.5, 0.6) is 5.75 Å². The van der Waals surface area contributed by atoms with Crippen LogP contribution in [0.4, 0.5) is 0 Å². The Morgan fingerprint density at radius 2 is 2.04 bits per heavy atom. The van der Waals surface area contributed by atoms with E-state index >= 15 is 0 Å². The maximum absolute atomic E-state index is 12.5.